The Morgan fingerprint density at radius 2 is 1.68 bits per heavy atom. The van der Waals surface area contributed by atoms with E-state index in [1.54, 1.807) is 0 Å². The Balaban J connectivity index is 2.08. The van der Waals surface area contributed by atoms with Gasteiger partial charge in [0, 0.05) is 11.1 Å². The van der Waals surface area contributed by atoms with Crippen molar-refractivity contribution in [3.05, 3.63) is 77.1 Å². The lowest BCUT2D eigenvalue weighted by molar-refractivity contribution is -0.938. The maximum atomic E-state index is 4.52. The van der Waals surface area contributed by atoms with Gasteiger partial charge in [-0.25, -0.2) is 4.68 Å². The highest BCUT2D eigenvalue weighted by molar-refractivity contribution is 5.26. The number of benzene rings is 2. The first-order chi connectivity index (χ1) is 13.5. The summed E-state index contributed by atoms with van der Waals surface area (Å²) in [6.45, 7) is 12.8. The normalized spacial score (nSPS) is 14.0. The SMILES string of the molecule is CC[NH+](Cc1ccccc1)[C@@H](c1ccc(C)cc1)c1nnnn1C(C)(C)CC. The van der Waals surface area contributed by atoms with Crippen LogP contribution in [-0.4, -0.2) is 26.8 Å². The van der Waals surface area contributed by atoms with Crippen molar-refractivity contribution in [3.63, 3.8) is 0 Å². The minimum Gasteiger partial charge on any atom is -0.319 e. The zero-order chi connectivity index (χ0) is 20.1. The number of hydrogen-bond acceptors (Lipinski definition) is 3. The van der Waals surface area contributed by atoms with E-state index in [1.807, 2.05) is 4.68 Å². The summed E-state index contributed by atoms with van der Waals surface area (Å²) in [5.74, 6) is 0.934. The summed E-state index contributed by atoms with van der Waals surface area (Å²) in [6.07, 6.45) is 0.964. The van der Waals surface area contributed by atoms with Crippen LogP contribution in [0, 0.1) is 6.92 Å². The van der Waals surface area contributed by atoms with Crippen molar-refractivity contribution in [2.75, 3.05) is 6.54 Å². The van der Waals surface area contributed by atoms with E-state index in [4.69, 9.17) is 0 Å². The topological polar surface area (TPSA) is 48.0 Å². The molecule has 1 heterocycles. The van der Waals surface area contributed by atoms with Gasteiger partial charge in [0.15, 0.2) is 6.04 Å². The van der Waals surface area contributed by atoms with Crippen LogP contribution in [0.15, 0.2) is 54.6 Å². The molecule has 3 aromatic rings. The molecule has 5 nitrogen and oxygen atoms in total. The van der Waals surface area contributed by atoms with Gasteiger partial charge in [0.05, 0.1) is 12.1 Å². The van der Waals surface area contributed by atoms with Gasteiger partial charge in [0.1, 0.15) is 6.54 Å². The van der Waals surface area contributed by atoms with E-state index >= 15 is 0 Å². The summed E-state index contributed by atoms with van der Waals surface area (Å²) < 4.78 is 2.03. The van der Waals surface area contributed by atoms with Gasteiger partial charge >= 0.3 is 0 Å². The van der Waals surface area contributed by atoms with Crippen LogP contribution in [-0.2, 0) is 12.1 Å². The molecular formula is C23H32N5+. The molecule has 0 radical (unpaired) electrons. The molecule has 1 unspecified atom stereocenters. The minimum absolute atomic E-state index is 0.0756. The molecule has 0 aliphatic rings. The second kappa shape index (κ2) is 8.65. The second-order valence-corrected chi connectivity index (χ2v) is 8.13. The van der Waals surface area contributed by atoms with Gasteiger partial charge in [-0.15, -0.1) is 5.10 Å². The van der Waals surface area contributed by atoms with Crippen molar-refractivity contribution in [1.29, 1.82) is 0 Å². The van der Waals surface area contributed by atoms with Gasteiger partial charge in [-0.2, -0.15) is 0 Å². The molecule has 1 N–H and O–H groups in total. The summed E-state index contributed by atoms with van der Waals surface area (Å²) in [5.41, 5.74) is 3.71. The lowest BCUT2D eigenvalue weighted by Gasteiger charge is -2.31. The number of aryl methyl sites for hydroxylation is 1. The number of aromatic nitrogens is 4. The van der Waals surface area contributed by atoms with Crippen LogP contribution >= 0.6 is 0 Å². The highest BCUT2D eigenvalue weighted by Gasteiger charge is 2.34. The van der Waals surface area contributed by atoms with Crippen molar-refractivity contribution in [2.45, 2.75) is 59.2 Å². The van der Waals surface area contributed by atoms with Crippen LogP contribution in [0.2, 0.25) is 0 Å². The first-order valence-corrected chi connectivity index (χ1v) is 10.2. The summed E-state index contributed by atoms with van der Waals surface area (Å²) in [5, 5.41) is 13.0. The van der Waals surface area contributed by atoms with Gasteiger partial charge in [-0.3, -0.25) is 0 Å². The van der Waals surface area contributed by atoms with Crippen LogP contribution in [0.5, 0.6) is 0 Å². The lowest BCUT2D eigenvalue weighted by atomic mass is 9.98. The molecule has 0 bridgehead atoms. The van der Waals surface area contributed by atoms with Gasteiger partial charge in [-0.1, -0.05) is 67.1 Å². The van der Waals surface area contributed by atoms with E-state index in [0.717, 1.165) is 25.3 Å². The Labute approximate surface area is 168 Å². The number of nitrogens with zero attached hydrogens (tertiary/aromatic N) is 4. The Morgan fingerprint density at radius 3 is 2.29 bits per heavy atom. The summed E-state index contributed by atoms with van der Waals surface area (Å²) in [4.78, 5) is 1.43. The predicted molar refractivity (Wildman–Crippen MR) is 112 cm³/mol. The zero-order valence-corrected chi connectivity index (χ0v) is 17.7. The quantitative estimate of drug-likeness (QED) is 0.654. The Bertz CT molecular complexity index is 868. The fourth-order valence-corrected chi connectivity index (χ4v) is 3.57. The van der Waals surface area contributed by atoms with Crippen molar-refractivity contribution in [1.82, 2.24) is 20.2 Å². The fourth-order valence-electron chi connectivity index (χ4n) is 3.57. The molecular weight excluding hydrogens is 346 g/mol. The van der Waals surface area contributed by atoms with E-state index in [0.29, 0.717) is 0 Å². The number of nitrogens with one attached hydrogen (secondary N) is 1. The van der Waals surface area contributed by atoms with E-state index in [9.17, 15) is 0 Å². The molecule has 5 heteroatoms. The molecule has 3 rings (SSSR count). The third-order valence-corrected chi connectivity index (χ3v) is 5.74. The standard InChI is InChI=1S/C23H31N5/c1-6-23(4,5)28-22(24-25-26-28)21(20-15-13-18(3)14-16-20)27(7-2)17-19-11-9-8-10-12-19/h8-16,21H,6-7,17H2,1-5H3/p+1/t21-/m0/s1. The smallest absolute Gasteiger partial charge is 0.214 e. The van der Waals surface area contributed by atoms with Crippen LogP contribution < -0.4 is 4.90 Å². The summed E-state index contributed by atoms with van der Waals surface area (Å²) >= 11 is 0. The van der Waals surface area contributed by atoms with Crippen LogP contribution in [0.4, 0.5) is 0 Å². The molecule has 0 spiro atoms. The van der Waals surface area contributed by atoms with Gasteiger partial charge in [0.25, 0.3) is 0 Å². The number of rotatable bonds is 8. The third-order valence-electron chi connectivity index (χ3n) is 5.74. The van der Waals surface area contributed by atoms with Gasteiger partial charge < -0.3 is 4.90 Å². The Kier molecular flexibility index (Phi) is 6.25. The molecule has 2 atom stereocenters. The molecule has 0 saturated carbocycles. The van der Waals surface area contributed by atoms with Crippen molar-refractivity contribution >= 4 is 0 Å². The molecule has 148 valence electrons. The van der Waals surface area contributed by atoms with E-state index in [-0.39, 0.29) is 11.6 Å². The van der Waals surface area contributed by atoms with Crippen LogP contribution in [0.25, 0.3) is 0 Å². The highest BCUT2D eigenvalue weighted by atomic mass is 15.6. The van der Waals surface area contributed by atoms with E-state index in [2.05, 4.69) is 105 Å². The Morgan fingerprint density at radius 1 is 1.00 bits per heavy atom. The minimum atomic E-state index is -0.132. The largest absolute Gasteiger partial charge is 0.319 e. The first-order valence-electron chi connectivity index (χ1n) is 10.2. The maximum absolute atomic E-state index is 4.52. The third kappa shape index (κ3) is 4.30. The highest BCUT2D eigenvalue weighted by Crippen LogP contribution is 2.25. The predicted octanol–water partition coefficient (Wildman–Crippen LogP) is 3.32. The molecule has 0 aliphatic heterocycles. The number of quaternary nitrogens is 1. The number of tetrazole rings is 1. The van der Waals surface area contributed by atoms with E-state index in [1.165, 1.54) is 21.6 Å². The average Bonchev–Trinajstić information content (AvgIpc) is 3.20. The summed E-state index contributed by atoms with van der Waals surface area (Å²) in [6, 6.07) is 19.5. The zero-order valence-electron chi connectivity index (χ0n) is 17.7. The Hall–Kier alpha value is -2.53. The first kappa shape index (κ1) is 20.2. The lowest BCUT2D eigenvalue weighted by Crippen LogP contribution is -3.11. The van der Waals surface area contributed by atoms with Gasteiger partial charge in [0.2, 0.25) is 5.82 Å². The molecule has 0 aliphatic carbocycles. The molecule has 2 aromatic carbocycles. The van der Waals surface area contributed by atoms with Crippen LogP contribution in [0.3, 0.4) is 0 Å². The average molecular weight is 379 g/mol. The molecule has 28 heavy (non-hydrogen) atoms. The molecule has 0 fully saturated rings. The summed E-state index contributed by atoms with van der Waals surface area (Å²) in [7, 11) is 0. The van der Waals surface area contributed by atoms with Crippen molar-refractivity contribution in [2.24, 2.45) is 0 Å². The van der Waals surface area contributed by atoms with E-state index < -0.39 is 0 Å². The fraction of sp³-hybridized carbons (Fsp3) is 0.435. The van der Waals surface area contributed by atoms with Crippen molar-refractivity contribution in [3.8, 4) is 0 Å². The molecule has 0 saturated heterocycles. The molecule has 0 amide bonds. The van der Waals surface area contributed by atoms with Crippen LogP contribution in [0.1, 0.15) is 62.7 Å². The maximum Gasteiger partial charge on any atom is 0.214 e. The van der Waals surface area contributed by atoms with Crippen molar-refractivity contribution < 1.29 is 4.90 Å². The monoisotopic (exact) mass is 378 g/mol. The second-order valence-electron chi connectivity index (χ2n) is 8.13. The number of hydrogen-bond donors (Lipinski definition) is 1. The van der Waals surface area contributed by atoms with Gasteiger partial charge in [-0.05, 0) is 44.5 Å². The molecule has 1 aromatic heterocycles.